The van der Waals surface area contributed by atoms with Crippen molar-refractivity contribution in [3.05, 3.63) is 68.0 Å². The van der Waals surface area contributed by atoms with E-state index in [1.54, 1.807) is 30.3 Å². The highest BCUT2D eigenvalue weighted by atomic mass is 35.5. The van der Waals surface area contributed by atoms with E-state index in [0.717, 1.165) is 5.56 Å². The molecule has 1 aliphatic rings. The Hall–Kier alpha value is -1.57. The number of carbonyl (C=O) groups excluding carboxylic acids is 2. The van der Waals surface area contributed by atoms with E-state index >= 15 is 0 Å². The van der Waals surface area contributed by atoms with Crippen molar-refractivity contribution in [1.29, 1.82) is 0 Å². The summed E-state index contributed by atoms with van der Waals surface area (Å²) < 4.78 is 0.471. The van der Waals surface area contributed by atoms with Gasteiger partial charge in [0.1, 0.15) is 4.32 Å². The van der Waals surface area contributed by atoms with Crippen molar-refractivity contribution in [1.82, 2.24) is 4.90 Å². The third-order valence-electron chi connectivity index (χ3n) is 4.05. The minimum atomic E-state index is -0.180. The SMILES string of the molecule is O=C(CCCN1C(=O)/C(=C\c2ccccc2Cl)SC1=S)Nc1ccc(Cl)c(Cl)c1. The first kappa shape index (κ1) is 22.1. The monoisotopic (exact) mass is 484 g/mol. The molecule has 29 heavy (non-hydrogen) atoms. The van der Waals surface area contributed by atoms with Gasteiger partial charge in [-0.2, -0.15) is 0 Å². The van der Waals surface area contributed by atoms with E-state index in [4.69, 9.17) is 47.0 Å². The summed E-state index contributed by atoms with van der Waals surface area (Å²) in [5.41, 5.74) is 1.33. The molecule has 1 aliphatic heterocycles. The van der Waals surface area contributed by atoms with Gasteiger partial charge in [0, 0.05) is 23.7 Å². The van der Waals surface area contributed by atoms with Crippen LogP contribution < -0.4 is 5.32 Å². The zero-order chi connectivity index (χ0) is 21.0. The molecule has 3 rings (SSSR count). The molecule has 0 unspecified atom stereocenters. The number of rotatable bonds is 6. The zero-order valence-electron chi connectivity index (χ0n) is 15.0. The molecule has 9 heteroatoms. The van der Waals surface area contributed by atoms with Gasteiger partial charge in [-0.05, 0) is 42.3 Å². The third-order valence-corrected chi connectivity index (χ3v) is 6.52. The molecule has 2 aromatic carbocycles. The van der Waals surface area contributed by atoms with Gasteiger partial charge >= 0.3 is 0 Å². The summed E-state index contributed by atoms with van der Waals surface area (Å²) in [5, 5.41) is 4.11. The van der Waals surface area contributed by atoms with E-state index in [2.05, 4.69) is 5.32 Å². The van der Waals surface area contributed by atoms with E-state index in [0.29, 0.717) is 42.9 Å². The van der Waals surface area contributed by atoms with Gasteiger partial charge in [-0.3, -0.25) is 14.5 Å². The minimum Gasteiger partial charge on any atom is -0.326 e. The largest absolute Gasteiger partial charge is 0.326 e. The summed E-state index contributed by atoms with van der Waals surface area (Å²) >= 11 is 24.5. The van der Waals surface area contributed by atoms with Crippen LogP contribution in [-0.2, 0) is 9.59 Å². The quantitative estimate of drug-likeness (QED) is 0.387. The fourth-order valence-electron chi connectivity index (χ4n) is 2.62. The Bertz CT molecular complexity index is 1010. The molecule has 0 aliphatic carbocycles. The Morgan fingerprint density at radius 3 is 2.59 bits per heavy atom. The predicted molar refractivity (Wildman–Crippen MR) is 126 cm³/mol. The molecule has 1 saturated heterocycles. The molecule has 0 spiro atoms. The summed E-state index contributed by atoms with van der Waals surface area (Å²) in [7, 11) is 0. The summed E-state index contributed by atoms with van der Waals surface area (Å²) in [4.78, 5) is 26.8. The smallest absolute Gasteiger partial charge is 0.266 e. The van der Waals surface area contributed by atoms with Gasteiger partial charge in [0.2, 0.25) is 5.91 Å². The van der Waals surface area contributed by atoms with Crippen molar-refractivity contribution in [2.45, 2.75) is 12.8 Å². The molecular formula is C20H15Cl3N2O2S2. The Morgan fingerprint density at radius 1 is 1.10 bits per heavy atom. The lowest BCUT2D eigenvalue weighted by molar-refractivity contribution is -0.122. The van der Waals surface area contributed by atoms with Gasteiger partial charge < -0.3 is 5.32 Å². The number of carbonyl (C=O) groups is 2. The van der Waals surface area contributed by atoms with Gasteiger partial charge in [-0.25, -0.2) is 0 Å². The molecule has 1 fully saturated rings. The van der Waals surface area contributed by atoms with Crippen LogP contribution in [0.5, 0.6) is 0 Å². The van der Waals surface area contributed by atoms with Crippen LogP contribution in [-0.4, -0.2) is 27.6 Å². The number of thiocarbonyl (C=S) groups is 1. The lowest BCUT2D eigenvalue weighted by Gasteiger charge is -2.14. The number of thioether (sulfide) groups is 1. The molecule has 1 heterocycles. The normalized spacial score (nSPS) is 15.3. The Morgan fingerprint density at radius 2 is 1.86 bits per heavy atom. The van der Waals surface area contributed by atoms with Gasteiger partial charge in [-0.1, -0.05) is 77.0 Å². The average Bonchev–Trinajstić information content (AvgIpc) is 2.94. The maximum Gasteiger partial charge on any atom is 0.266 e. The van der Waals surface area contributed by atoms with Crippen molar-refractivity contribution >= 4 is 86.7 Å². The fraction of sp³-hybridized carbons (Fsp3) is 0.150. The van der Waals surface area contributed by atoms with E-state index in [1.165, 1.54) is 16.7 Å². The highest BCUT2D eigenvalue weighted by Gasteiger charge is 2.31. The van der Waals surface area contributed by atoms with Gasteiger partial charge in [0.05, 0.1) is 15.0 Å². The van der Waals surface area contributed by atoms with Gasteiger partial charge in [-0.15, -0.1) is 0 Å². The second kappa shape index (κ2) is 9.96. The number of nitrogens with zero attached hydrogens (tertiary/aromatic N) is 1. The van der Waals surface area contributed by atoms with Crippen LogP contribution in [0.3, 0.4) is 0 Å². The number of nitrogens with one attached hydrogen (secondary N) is 1. The van der Waals surface area contributed by atoms with Crippen LogP contribution in [0, 0.1) is 0 Å². The topological polar surface area (TPSA) is 49.4 Å². The average molecular weight is 486 g/mol. The third kappa shape index (κ3) is 5.74. The van der Waals surface area contributed by atoms with Crippen LogP contribution in [0.1, 0.15) is 18.4 Å². The standard InChI is InChI=1S/C20H15Cl3N2O2S2/c21-14-5-2-1-4-12(14)10-17-19(27)25(20(28)29-17)9-3-6-18(26)24-13-7-8-15(22)16(23)11-13/h1-2,4-5,7-8,10-11H,3,6,9H2,(H,24,26)/b17-10+. The van der Waals surface area contributed by atoms with Crippen LogP contribution in [0.25, 0.3) is 6.08 Å². The number of hydrogen-bond acceptors (Lipinski definition) is 4. The maximum absolute atomic E-state index is 12.6. The molecule has 4 nitrogen and oxygen atoms in total. The Balaban J connectivity index is 1.54. The molecule has 2 aromatic rings. The number of hydrogen-bond donors (Lipinski definition) is 1. The molecule has 150 valence electrons. The van der Waals surface area contributed by atoms with Crippen molar-refractivity contribution in [3.8, 4) is 0 Å². The van der Waals surface area contributed by atoms with E-state index in [9.17, 15) is 9.59 Å². The van der Waals surface area contributed by atoms with E-state index in [-0.39, 0.29) is 18.2 Å². The number of halogens is 3. The number of amides is 2. The molecule has 0 aromatic heterocycles. The second-order valence-corrected chi connectivity index (χ2v) is 9.03. The highest BCUT2D eigenvalue weighted by Crippen LogP contribution is 2.34. The highest BCUT2D eigenvalue weighted by molar-refractivity contribution is 8.26. The lowest BCUT2D eigenvalue weighted by atomic mass is 10.2. The summed E-state index contributed by atoms with van der Waals surface area (Å²) in [5.74, 6) is -0.356. The van der Waals surface area contributed by atoms with E-state index < -0.39 is 0 Å². The van der Waals surface area contributed by atoms with Gasteiger partial charge in [0.15, 0.2) is 0 Å². The van der Waals surface area contributed by atoms with Crippen molar-refractivity contribution in [2.75, 3.05) is 11.9 Å². The van der Waals surface area contributed by atoms with Crippen LogP contribution >= 0.6 is 58.8 Å². The van der Waals surface area contributed by atoms with Crippen LogP contribution in [0.15, 0.2) is 47.4 Å². The first-order valence-corrected chi connectivity index (χ1v) is 11.0. The first-order valence-electron chi connectivity index (χ1n) is 8.60. The van der Waals surface area contributed by atoms with Crippen molar-refractivity contribution in [2.24, 2.45) is 0 Å². The van der Waals surface area contributed by atoms with Crippen LogP contribution in [0.4, 0.5) is 5.69 Å². The maximum atomic E-state index is 12.6. The van der Waals surface area contributed by atoms with Crippen molar-refractivity contribution < 1.29 is 9.59 Å². The molecule has 0 radical (unpaired) electrons. The molecule has 0 atom stereocenters. The fourth-order valence-corrected chi connectivity index (χ4v) is 4.41. The number of benzene rings is 2. The van der Waals surface area contributed by atoms with E-state index in [1.807, 2.05) is 18.2 Å². The molecule has 0 saturated carbocycles. The molecule has 2 amide bonds. The Kier molecular flexibility index (Phi) is 7.60. The predicted octanol–water partition coefficient (Wildman–Crippen LogP) is 6.27. The molecule has 0 bridgehead atoms. The zero-order valence-corrected chi connectivity index (χ0v) is 18.9. The summed E-state index contributed by atoms with van der Waals surface area (Å²) in [6.45, 7) is 0.360. The Labute approximate surface area is 193 Å². The second-order valence-electron chi connectivity index (χ2n) is 6.14. The first-order chi connectivity index (χ1) is 13.8. The molecule has 1 N–H and O–H groups in total. The van der Waals surface area contributed by atoms with Crippen molar-refractivity contribution in [3.63, 3.8) is 0 Å². The molecular weight excluding hydrogens is 471 g/mol. The summed E-state index contributed by atoms with van der Waals surface area (Å²) in [6.07, 6.45) is 2.44. The minimum absolute atomic E-state index is 0.176. The summed E-state index contributed by atoms with van der Waals surface area (Å²) in [6, 6.07) is 12.2. The number of anilines is 1. The van der Waals surface area contributed by atoms with Crippen LogP contribution in [0.2, 0.25) is 15.1 Å². The van der Waals surface area contributed by atoms with Gasteiger partial charge in [0.25, 0.3) is 5.91 Å². The lowest BCUT2D eigenvalue weighted by Crippen LogP contribution is -2.29.